The van der Waals surface area contributed by atoms with Gasteiger partial charge in [-0.3, -0.25) is 9.59 Å². The molecule has 0 unspecified atom stereocenters. The predicted molar refractivity (Wildman–Crippen MR) is 56.2 cm³/mol. The van der Waals surface area contributed by atoms with Crippen LogP contribution in [0.2, 0.25) is 0 Å². The second kappa shape index (κ2) is 6.29. The van der Waals surface area contributed by atoms with Crippen molar-refractivity contribution in [3.8, 4) is 0 Å². The monoisotopic (exact) mass is 198 g/mol. The Morgan fingerprint density at radius 2 is 2.00 bits per heavy atom. The van der Waals surface area contributed by atoms with Gasteiger partial charge in [-0.15, -0.1) is 0 Å². The van der Waals surface area contributed by atoms with Crippen molar-refractivity contribution in [2.24, 2.45) is 10.9 Å². The molecule has 14 heavy (non-hydrogen) atoms. The van der Waals surface area contributed by atoms with E-state index in [4.69, 9.17) is 0 Å². The van der Waals surface area contributed by atoms with Gasteiger partial charge in [-0.05, 0) is 19.1 Å². The highest BCUT2D eigenvalue weighted by Gasteiger charge is 2.19. The van der Waals surface area contributed by atoms with Crippen LogP contribution in [0.3, 0.4) is 0 Å². The molecule has 0 spiro atoms. The van der Waals surface area contributed by atoms with Gasteiger partial charge in [-0.2, -0.15) is 0 Å². The van der Waals surface area contributed by atoms with Crippen LogP contribution in [-0.2, 0) is 9.59 Å². The first-order chi connectivity index (χ1) is 6.51. The van der Waals surface area contributed by atoms with Gasteiger partial charge in [0.1, 0.15) is 6.04 Å². The number of nitrogens with one attached hydrogen (secondary N) is 1. The summed E-state index contributed by atoms with van der Waals surface area (Å²) in [6.07, 6.45) is 0.975. The summed E-state index contributed by atoms with van der Waals surface area (Å²) in [4.78, 5) is 25.7. The minimum atomic E-state index is -0.514. The van der Waals surface area contributed by atoms with Gasteiger partial charge >= 0.3 is 0 Å². The van der Waals surface area contributed by atoms with Gasteiger partial charge in [0.15, 0.2) is 0 Å². The number of amides is 2. The molecule has 0 rings (SSSR count). The van der Waals surface area contributed by atoms with E-state index in [1.807, 2.05) is 13.8 Å². The molecular formula is C10H18N2O2. The van der Waals surface area contributed by atoms with Crippen LogP contribution in [0, 0.1) is 5.92 Å². The summed E-state index contributed by atoms with van der Waals surface area (Å²) in [5.74, 6) is -0.156. The first kappa shape index (κ1) is 12.8. The molecule has 0 saturated carbocycles. The maximum atomic E-state index is 11.3. The maximum absolute atomic E-state index is 11.3. The number of nitrogens with zero attached hydrogens (tertiary/aromatic N) is 1. The smallest absolute Gasteiger partial charge is 0.267 e. The predicted octanol–water partition coefficient (Wildman–Crippen LogP) is 1.15. The minimum Gasteiger partial charge on any atom is -0.344 e. The SMILES string of the molecule is C=NC(=O)[C@H](CC(C)C)NC(=O)CC. The number of hydrogen-bond acceptors (Lipinski definition) is 2. The molecule has 0 saturated heterocycles. The first-order valence-corrected chi connectivity index (χ1v) is 4.81. The second-order valence-electron chi connectivity index (χ2n) is 3.60. The highest BCUT2D eigenvalue weighted by atomic mass is 16.2. The lowest BCUT2D eigenvalue weighted by molar-refractivity contribution is -0.127. The molecule has 80 valence electrons. The fourth-order valence-electron chi connectivity index (χ4n) is 1.10. The lowest BCUT2D eigenvalue weighted by Crippen LogP contribution is -2.40. The fraction of sp³-hybridized carbons (Fsp3) is 0.700. The van der Waals surface area contributed by atoms with Gasteiger partial charge in [-0.25, -0.2) is 4.99 Å². The summed E-state index contributed by atoms with van der Waals surface area (Å²) >= 11 is 0. The van der Waals surface area contributed by atoms with E-state index in [1.54, 1.807) is 6.92 Å². The number of aliphatic imine (C=N–C) groups is 1. The Bertz CT molecular complexity index is 224. The zero-order chi connectivity index (χ0) is 11.1. The van der Waals surface area contributed by atoms with E-state index in [9.17, 15) is 9.59 Å². The second-order valence-corrected chi connectivity index (χ2v) is 3.60. The molecule has 0 aromatic rings. The van der Waals surface area contributed by atoms with Crippen molar-refractivity contribution in [2.75, 3.05) is 0 Å². The molecule has 0 fully saturated rings. The molecule has 0 heterocycles. The summed E-state index contributed by atoms with van der Waals surface area (Å²) in [5, 5.41) is 2.63. The molecule has 4 nitrogen and oxygen atoms in total. The third kappa shape index (κ3) is 4.74. The van der Waals surface area contributed by atoms with E-state index in [0.29, 0.717) is 18.8 Å². The maximum Gasteiger partial charge on any atom is 0.267 e. The Balaban J connectivity index is 4.31. The van der Waals surface area contributed by atoms with Crippen molar-refractivity contribution in [3.05, 3.63) is 0 Å². The van der Waals surface area contributed by atoms with Crippen molar-refractivity contribution in [1.82, 2.24) is 5.32 Å². The molecule has 0 aliphatic heterocycles. The normalized spacial score (nSPS) is 12.3. The Kier molecular flexibility index (Phi) is 5.76. The molecule has 2 amide bonds. The van der Waals surface area contributed by atoms with Gasteiger partial charge in [0.2, 0.25) is 5.91 Å². The Labute approximate surface area is 84.8 Å². The molecule has 0 aromatic carbocycles. The average Bonchev–Trinajstić information content (AvgIpc) is 2.14. The van der Waals surface area contributed by atoms with Crippen LogP contribution < -0.4 is 5.32 Å². The van der Waals surface area contributed by atoms with Gasteiger partial charge in [0, 0.05) is 6.42 Å². The molecule has 0 aromatic heterocycles. The third-order valence-electron chi connectivity index (χ3n) is 1.82. The third-order valence-corrected chi connectivity index (χ3v) is 1.82. The van der Waals surface area contributed by atoms with Crippen LogP contribution in [0.1, 0.15) is 33.6 Å². The summed E-state index contributed by atoms with van der Waals surface area (Å²) in [6.45, 7) is 8.89. The first-order valence-electron chi connectivity index (χ1n) is 4.81. The summed E-state index contributed by atoms with van der Waals surface area (Å²) in [6, 6.07) is -0.514. The largest absolute Gasteiger partial charge is 0.344 e. The van der Waals surface area contributed by atoms with Crippen molar-refractivity contribution in [2.45, 2.75) is 39.7 Å². The van der Waals surface area contributed by atoms with E-state index in [1.165, 1.54) is 0 Å². The summed E-state index contributed by atoms with van der Waals surface area (Å²) in [5.41, 5.74) is 0. The number of carbonyl (C=O) groups is 2. The Hall–Kier alpha value is -1.19. The molecule has 0 aliphatic carbocycles. The highest BCUT2D eigenvalue weighted by molar-refractivity contribution is 5.89. The quantitative estimate of drug-likeness (QED) is 0.674. The zero-order valence-electron chi connectivity index (χ0n) is 9.04. The van der Waals surface area contributed by atoms with Gasteiger partial charge in [0.05, 0.1) is 0 Å². The lowest BCUT2D eigenvalue weighted by atomic mass is 10.0. The molecule has 1 N–H and O–H groups in total. The van der Waals surface area contributed by atoms with Crippen molar-refractivity contribution < 1.29 is 9.59 Å². The summed E-state index contributed by atoms with van der Waals surface area (Å²) in [7, 11) is 0. The van der Waals surface area contributed by atoms with Crippen LogP contribution in [0.25, 0.3) is 0 Å². The number of rotatable bonds is 5. The van der Waals surface area contributed by atoms with Crippen LogP contribution >= 0.6 is 0 Å². The molecule has 0 bridgehead atoms. The van der Waals surface area contributed by atoms with Gasteiger partial charge in [-0.1, -0.05) is 20.8 Å². The van der Waals surface area contributed by atoms with Crippen LogP contribution in [0.4, 0.5) is 0 Å². The fourth-order valence-corrected chi connectivity index (χ4v) is 1.10. The number of carbonyl (C=O) groups excluding carboxylic acids is 2. The Morgan fingerprint density at radius 1 is 1.43 bits per heavy atom. The average molecular weight is 198 g/mol. The lowest BCUT2D eigenvalue weighted by Gasteiger charge is -2.16. The van der Waals surface area contributed by atoms with Crippen molar-refractivity contribution in [3.63, 3.8) is 0 Å². The Morgan fingerprint density at radius 3 is 2.36 bits per heavy atom. The van der Waals surface area contributed by atoms with Gasteiger partial charge < -0.3 is 5.32 Å². The summed E-state index contributed by atoms with van der Waals surface area (Å²) < 4.78 is 0. The molecule has 0 radical (unpaired) electrons. The zero-order valence-corrected chi connectivity index (χ0v) is 9.04. The van der Waals surface area contributed by atoms with E-state index in [2.05, 4.69) is 17.0 Å². The van der Waals surface area contributed by atoms with Crippen LogP contribution in [-0.4, -0.2) is 24.6 Å². The van der Waals surface area contributed by atoms with E-state index in [0.717, 1.165) is 0 Å². The van der Waals surface area contributed by atoms with Crippen molar-refractivity contribution >= 4 is 18.5 Å². The van der Waals surface area contributed by atoms with Crippen LogP contribution in [0.15, 0.2) is 4.99 Å². The number of hydrogen-bond donors (Lipinski definition) is 1. The van der Waals surface area contributed by atoms with E-state index < -0.39 is 6.04 Å². The molecule has 1 atom stereocenters. The topological polar surface area (TPSA) is 58.5 Å². The van der Waals surface area contributed by atoms with E-state index in [-0.39, 0.29) is 11.8 Å². The standard InChI is InChI=1S/C10H18N2O2/c1-5-9(13)12-8(6-7(2)3)10(14)11-4/h7-8H,4-6H2,1-3H3,(H,12,13)/t8-/m0/s1. The minimum absolute atomic E-state index is 0.132. The van der Waals surface area contributed by atoms with Crippen LogP contribution in [0.5, 0.6) is 0 Å². The van der Waals surface area contributed by atoms with E-state index >= 15 is 0 Å². The molecule has 0 aliphatic rings. The molecular weight excluding hydrogens is 180 g/mol. The van der Waals surface area contributed by atoms with Gasteiger partial charge in [0.25, 0.3) is 5.91 Å². The molecule has 4 heteroatoms. The van der Waals surface area contributed by atoms with Crippen molar-refractivity contribution in [1.29, 1.82) is 0 Å². The highest BCUT2D eigenvalue weighted by Crippen LogP contribution is 2.06.